The number of phenols is 1. The first-order valence-corrected chi connectivity index (χ1v) is 7.69. The molecule has 2 aliphatic rings. The van der Waals surface area contributed by atoms with Gasteiger partial charge in [-0.25, -0.2) is 0 Å². The monoisotopic (exact) mass is 263 g/mol. The molecular weight excluding hydrogens is 242 g/mol. The molecule has 2 heterocycles. The van der Waals surface area contributed by atoms with E-state index in [1.165, 1.54) is 36.1 Å². The van der Waals surface area contributed by atoms with Crippen molar-refractivity contribution in [1.29, 1.82) is 0 Å². The van der Waals surface area contributed by atoms with Crippen molar-refractivity contribution in [2.45, 2.75) is 54.8 Å². The molecule has 0 radical (unpaired) electrons. The quantitative estimate of drug-likeness (QED) is 0.884. The molecule has 2 saturated heterocycles. The highest BCUT2D eigenvalue weighted by atomic mass is 32.2. The summed E-state index contributed by atoms with van der Waals surface area (Å²) in [5.41, 5.74) is 1.20. The highest BCUT2D eigenvalue weighted by Crippen LogP contribution is 2.42. The number of phenolic OH excluding ortho intramolecular Hbond substituents is 1. The van der Waals surface area contributed by atoms with Crippen molar-refractivity contribution in [3.05, 3.63) is 23.8 Å². The molecule has 0 amide bonds. The van der Waals surface area contributed by atoms with E-state index in [9.17, 15) is 5.11 Å². The molecule has 2 unspecified atom stereocenters. The summed E-state index contributed by atoms with van der Waals surface area (Å²) in [5, 5.41) is 10.2. The summed E-state index contributed by atoms with van der Waals surface area (Å²) < 4.78 is 0. The van der Waals surface area contributed by atoms with Crippen LogP contribution in [0.3, 0.4) is 0 Å². The third-order valence-electron chi connectivity index (χ3n) is 4.51. The van der Waals surface area contributed by atoms with E-state index in [2.05, 4.69) is 24.9 Å². The molecular formula is C15H21NOS. The average molecular weight is 263 g/mol. The van der Waals surface area contributed by atoms with Crippen molar-refractivity contribution in [3.8, 4) is 5.75 Å². The maximum atomic E-state index is 9.46. The fourth-order valence-electron chi connectivity index (χ4n) is 3.40. The molecule has 3 heteroatoms. The molecule has 3 rings (SSSR count). The van der Waals surface area contributed by atoms with E-state index < -0.39 is 0 Å². The maximum absolute atomic E-state index is 9.46. The SMILES string of the molecule is Cc1cc(O)ccc1SC1CC2CC[C@H](C1)N2C. The Labute approximate surface area is 113 Å². The van der Waals surface area contributed by atoms with E-state index in [-0.39, 0.29) is 0 Å². The van der Waals surface area contributed by atoms with E-state index in [4.69, 9.17) is 0 Å². The van der Waals surface area contributed by atoms with Crippen LogP contribution in [0.2, 0.25) is 0 Å². The van der Waals surface area contributed by atoms with Crippen molar-refractivity contribution in [1.82, 2.24) is 4.90 Å². The van der Waals surface area contributed by atoms with Gasteiger partial charge in [0.25, 0.3) is 0 Å². The second kappa shape index (κ2) is 4.78. The van der Waals surface area contributed by atoms with Crippen LogP contribution >= 0.6 is 11.8 Å². The van der Waals surface area contributed by atoms with Gasteiger partial charge in [-0.2, -0.15) is 0 Å². The van der Waals surface area contributed by atoms with E-state index in [1.807, 2.05) is 17.8 Å². The molecule has 1 N–H and O–H groups in total. The molecule has 3 atom stereocenters. The van der Waals surface area contributed by atoms with Gasteiger partial charge in [-0.05, 0) is 63.4 Å². The zero-order valence-electron chi connectivity index (χ0n) is 11.1. The standard InChI is InChI=1S/C15H21NOS/c1-10-7-13(17)5-6-15(10)18-14-8-11-3-4-12(9-14)16(11)2/h5-7,11-12,14,17H,3-4,8-9H2,1-2H3/t11-,12?,14?/m1/s1. The molecule has 2 fully saturated rings. The molecule has 1 aromatic rings. The normalized spacial score (nSPS) is 31.8. The Morgan fingerprint density at radius 3 is 2.50 bits per heavy atom. The number of fused-ring (bicyclic) bond motifs is 2. The number of hydrogen-bond acceptors (Lipinski definition) is 3. The number of benzene rings is 1. The van der Waals surface area contributed by atoms with E-state index in [1.54, 1.807) is 6.07 Å². The summed E-state index contributed by atoms with van der Waals surface area (Å²) >= 11 is 2.01. The van der Waals surface area contributed by atoms with Crippen molar-refractivity contribution in [2.75, 3.05) is 7.05 Å². The number of rotatable bonds is 2. The number of nitrogens with zero attached hydrogens (tertiary/aromatic N) is 1. The second-order valence-electron chi connectivity index (χ2n) is 5.71. The first-order chi connectivity index (χ1) is 8.63. The minimum atomic E-state index is 0.375. The Hall–Kier alpha value is -0.670. The Bertz CT molecular complexity index is 434. The van der Waals surface area contributed by atoms with Crippen LogP contribution in [0.15, 0.2) is 23.1 Å². The lowest BCUT2D eigenvalue weighted by molar-refractivity contribution is 0.183. The highest BCUT2D eigenvalue weighted by molar-refractivity contribution is 8.00. The Kier molecular flexibility index (Phi) is 3.29. The first-order valence-electron chi connectivity index (χ1n) is 6.81. The third kappa shape index (κ3) is 2.26. The largest absolute Gasteiger partial charge is 0.508 e. The highest BCUT2D eigenvalue weighted by Gasteiger charge is 2.38. The van der Waals surface area contributed by atoms with Crippen LogP contribution in [-0.4, -0.2) is 34.4 Å². The predicted molar refractivity (Wildman–Crippen MR) is 76.3 cm³/mol. The van der Waals surface area contributed by atoms with Crippen LogP contribution in [-0.2, 0) is 0 Å². The molecule has 2 aliphatic heterocycles. The Morgan fingerprint density at radius 1 is 1.22 bits per heavy atom. The number of aryl methyl sites for hydroxylation is 1. The van der Waals surface area contributed by atoms with Crippen LogP contribution < -0.4 is 0 Å². The van der Waals surface area contributed by atoms with E-state index in [0.717, 1.165) is 17.3 Å². The van der Waals surface area contributed by atoms with Crippen LogP contribution in [0, 0.1) is 6.92 Å². The van der Waals surface area contributed by atoms with Crippen molar-refractivity contribution < 1.29 is 5.11 Å². The average Bonchev–Trinajstić information content (AvgIpc) is 2.57. The fraction of sp³-hybridized carbons (Fsp3) is 0.600. The topological polar surface area (TPSA) is 23.5 Å². The zero-order valence-corrected chi connectivity index (χ0v) is 11.9. The van der Waals surface area contributed by atoms with Gasteiger partial charge < -0.3 is 10.0 Å². The van der Waals surface area contributed by atoms with Crippen LogP contribution in [0.25, 0.3) is 0 Å². The fourth-order valence-corrected chi connectivity index (χ4v) is 4.79. The molecule has 1 aromatic carbocycles. The molecule has 0 saturated carbocycles. The second-order valence-corrected chi connectivity index (χ2v) is 7.05. The summed E-state index contributed by atoms with van der Waals surface area (Å²) in [5.74, 6) is 0.375. The zero-order chi connectivity index (χ0) is 12.7. The summed E-state index contributed by atoms with van der Waals surface area (Å²) in [6.45, 7) is 2.09. The predicted octanol–water partition coefficient (Wildman–Crippen LogP) is 3.42. The van der Waals surface area contributed by atoms with Gasteiger partial charge in [0, 0.05) is 22.2 Å². The van der Waals surface area contributed by atoms with Gasteiger partial charge in [-0.3, -0.25) is 0 Å². The summed E-state index contributed by atoms with van der Waals surface area (Å²) in [6, 6.07) is 7.35. The summed E-state index contributed by atoms with van der Waals surface area (Å²) in [7, 11) is 2.29. The molecule has 18 heavy (non-hydrogen) atoms. The van der Waals surface area contributed by atoms with Crippen LogP contribution in [0.1, 0.15) is 31.2 Å². The molecule has 98 valence electrons. The van der Waals surface area contributed by atoms with Gasteiger partial charge in [0.15, 0.2) is 0 Å². The molecule has 0 aromatic heterocycles. The Balaban J connectivity index is 1.70. The van der Waals surface area contributed by atoms with Crippen molar-refractivity contribution >= 4 is 11.8 Å². The molecule has 2 nitrogen and oxygen atoms in total. The van der Waals surface area contributed by atoms with Gasteiger partial charge in [-0.1, -0.05) is 0 Å². The van der Waals surface area contributed by atoms with Gasteiger partial charge in [0.1, 0.15) is 5.75 Å². The van der Waals surface area contributed by atoms with Crippen molar-refractivity contribution in [2.24, 2.45) is 0 Å². The minimum absolute atomic E-state index is 0.375. The summed E-state index contributed by atoms with van der Waals surface area (Å²) in [6.07, 6.45) is 5.40. The first kappa shape index (κ1) is 12.4. The number of aromatic hydroxyl groups is 1. The number of piperidine rings is 1. The molecule has 2 bridgehead atoms. The smallest absolute Gasteiger partial charge is 0.115 e. The van der Waals surface area contributed by atoms with Gasteiger partial charge >= 0.3 is 0 Å². The lowest BCUT2D eigenvalue weighted by atomic mass is 10.0. The van der Waals surface area contributed by atoms with Crippen LogP contribution in [0.4, 0.5) is 0 Å². The maximum Gasteiger partial charge on any atom is 0.115 e. The minimum Gasteiger partial charge on any atom is -0.508 e. The third-order valence-corrected chi connectivity index (χ3v) is 5.94. The number of hydrogen-bond donors (Lipinski definition) is 1. The molecule has 0 aliphatic carbocycles. The molecule has 0 spiro atoms. The lowest BCUT2D eigenvalue weighted by Gasteiger charge is -2.36. The van der Waals surface area contributed by atoms with Crippen molar-refractivity contribution in [3.63, 3.8) is 0 Å². The van der Waals surface area contributed by atoms with Gasteiger partial charge in [0.2, 0.25) is 0 Å². The van der Waals surface area contributed by atoms with Gasteiger partial charge in [0.05, 0.1) is 0 Å². The van der Waals surface area contributed by atoms with Crippen LogP contribution in [0.5, 0.6) is 5.75 Å². The van der Waals surface area contributed by atoms with E-state index in [0.29, 0.717) is 5.75 Å². The number of thioether (sulfide) groups is 1. The Morgan fingerprint density at radius 2 is 1.89 bits per heavy atom. The van der Waals surface area contributed by atoms with E-state index >= 15 is 0 Å². The lowest BCUT2D eigenvalue weighted by Crippen LogP contribution is -2.40. The van der Waals surface area contributed by atoms with Gasteiger partial charge in [-0.15, -0.1) is 11.8 Å². The summed E-state index contributed by atoms with van der Waals surface area (Å²) in [4.78, 5) is 3.92.